The van der Waals surface area contributed by atoms with E-state index < -0.39 is 9.84 Å². The van der Waals surface area contributed by atoms with Crippen molar-refractivity contribution in [3.05, 3.63) is 59.7 Å². The van der Waals surface area contributed by atoms with Crippen molar-refractivity contribution in [3.8, 4) is 5.75 Å². The van der Waals surface area contributed by atoms with Gasteiger partial charge in [-0.25, -0.2) is 13.4 Å². The van der Waals surface area contributed by atoms with Crippen LogP contribution in [-0.4, -0.2) is 65.9 Å². The lowest BCUT2D eigenvalue weighted by Crippen LogP contribution is -2.38. The molecular formula is C23H34N4O3S. The van der Waals surface area contributed by atoms with Gasteiger partial charge in [-0.15, -0.1) is 0 Å². The van der Waals surface area contributed by atoms with E-state index in [4.69, 9.17) is 4.74 Å². The maximum absolute atomic E-state index is 11.6. The summed E-state index contributed by atoms with van der Waals surface area (Å²) in [6, 6.07) is 15.0. The van der Waals surface area contributed by atoms with Crippen molar-refractivity contribution >= 4 is 15.8 Å². The van der Waals surface area contributed by atoms with Gasteiger partial charge in [0.1, 0.15) is 12.4 Å². The number of nitrogens with one attached hydrogen (secondary N) is 2. The van der Waals surface area contributed by atoms with Crippen LogP contribution >= 0.6 is 0 Å². The van der Waals surface area contributed by atoms with Gasteiger partial charge in [0.2, 0.25) is 0 Å². The molecule has 0 fully saturated rings. The molecule has 0 bridgehead atoms. The van der Waals surface area contributed by atoms with E-state index in [0.717, 1.165) is 42.3 Å². The van der Waals surface area contributed by atoms with Crippen LogP contribution < -0.4 is 15.4 Å². The van der Waals surface area contributed by atoms with Crippen LogP contribution in [0.3, 0.4) is 0 Å². The fraction of sp³-hybridized carbons (Fsp3) is 0.435. The van der Waals surface area contributed by atoms with Crippen LogP contribution in [-0.2, 0) is 22.8 Å². The SMILES string of the molecule is CCNC(=NCc1cccc(OCCN(C)C)c1)NCCc1ccc(S(C)(=O)=O)cc1. The molecule has 2 N–H and O–H groups in total. The predicted octanol–water partition coefficient (Wildman–Crippen LogP) is 2.33. The Balaban J connectivity index is 1.88. The molecule has 0 unspecified atom stereocenters. The molecule has 8 heteroatoms. The topological polar surface area (TPSA) is 83.0 Å². The number of nitrogens with zero attached hydrogens (tertiary/aromatic N) is 2. The van der Waals surface area contributed by atoms with Crippen LogP contribution in [0.2, 0.25) is 0 Å². The Labute approximate surface area is 186 Å². The summed E-state index contributed by atoms with van der Waals surface area (Å²) < 4.78 is 28.9. The zero-order valence-electron chi connectivity index (χ0n) is 18.9. The number of hydrogen-bond acceptors (Lipinski definition) is 5. The first kappa shape index (κ1) is 24.7. The first-order chi connectivity index (χ1) is 14.8. The van der Waals surface area contributed by atoms with E-state index in [1.807, 2.05) is 57.4 Å². The molecule has 0 amide bonds. The number of likely N-dealkylation sites (N-methyl/N-ethyl adjacent to an activating group) is 1. The number of aliphatic imine (C=N–C) groups is 1. The summed E-state index contributed by atoms with van der Waals surface area (Å²) >= 11 is 0. The molecule has 0 atom stereocenters. The van der Waals surface area contributed by atoms with Crippen molar-refractivity contribution in [1.82, 2.24) is 15.5 Å². The molecule has 0 spiro atoms. The first-order valence-corrected chi connectivity index (χ1v) is 12.3. The summed E-state index contributed by atoms with van der Waals surface area (Å²) in [6.07, 6.45) is 1.98. The van der Waals surface area contributed by atoms with Gasteiger partial charge in [-0.3, -0.25) is 0 Å². The third-order valence-corrected chi connectivity index (χ3v) is 5.66. The zero-order chi connectivity index (χ0) is 22.7. The summed E-state index contributed by atoms with van der Waals surface area (Å²) in [5.74, 6) is 1.60. The second-order valence-electron chi connectivity index (χ2n) is 7.59. The minimum atomic E-state index is -3.16. The van der Waals surface area contributed by atoms with Crippen LogP contribution in [0.25, 0.3) is 0 Å². The number of rotatable bonds is 11. The molecule has 2 aromatic rings. The average Bonchev–Trinajstić information content (AvgIpc) is 2.72. The van der Waals surface area contributed by atoms with E-state index in [-0.39, 0.29) is 0 Å². The van der Waals surface area contributed by atoms with Gasteiger partial charge in [-0.05, 0) is 62.8 Å². The third kappa shape index (κ3) is 9.40. The van der Waals surface area contributed by atoms with Gasteiger partial charge < -0.3 is 20.3 Å². The van der Waals surface area contributed by atoms with Crippen LogP contribution in [0.4, 0.5) is 0 Å². The Morgan fingerprint density at radius 1 is 1.06 bits per heavy atom. The van der Waals surface area contributed by atoms with Gasteiger partial charge in [0.25, 0.3) is 0 Å². The van der Waals surface area contributed by atoms with E-state index in [9.17, 15) is 8.42 Å². The largest absolute Gasteiger partial charge is 0.492 e. The molecule has 0 saturated carbocycles. The minimum absolute atomic E-state index is 0.340. The summed E-state index contributed by atoms with van der Waals surface area (Å²) in [5.41, 5.74) is 2.15. The highest BCUT2D eigenvalue weighted by Crippen LogP contribution is 2.14. The van der Waals surface area contributed by atoms with E-state index >= 15 is 0 Å². The third-order valence-electron chi connectivity index (χ3n) is 4.53. The van der Waals surface area contributed by atoms with Crippen molar-refractivity contribution in [2.24, 2.45) is 4.99 Å². The monoisotopic (exact) mass is 446 g/mol. The predicted molar refractivity (Wildman–Crippen MR) is 127 cm³/mol. The molecule has 0 heterocycles. The molecule has 0 aromatic heterocycles. The van der Waals surface area contributed by atoms with Gasteiger partial charge in [0.15, 0.2) is 15.8 Å². The van der Waals surface area contributed by atoms with Gasteiger partial charge in [0.05, 0.1) is 11.4 Å². The number of sulfone groups is 1. The summed E-state index contributed by atoms with van der Waals surface area (Å²) in [5, 5.41) is 6.58. The molecule has 0 radical (unpaired) electrons. The Morgan fingerprint density at radius 3 is 2.45 bits per heavy atom. The summed E-state index contributed by atoms with van der Waals surface area (Å²) in [7, 11) is 0.882. The van der Waals surface area contributed by atoms with E-state index in [1.165, 1.54) is 6.26 Å². The van der Waals surface area contributed by atoms with Crippen molar-refractivity contribution in [2.75, 3.05) is 46.6 Å². The molecular weight excluding hydrogens is 412 g/mol. The fourth-order valence-electron chi connectivity index (χ4n) is 2.82. The van der Waals surface area contributed by atoms with E-state index in [0.29, 0.717) is 24.6 Å². The lowest BCUT2D eigenvalue weighted by Gasteiger charge is -2.13. The Morgan fingerprint density at radius 2 is 1.81 bits per heavy atom. The normalized spacial score (nSPS) is 12.1. The van der Waals surface area contributed by atoms with Gasteiger partial charge in [-0.2, -0.15) is 0 Å². The molecule has 7 nitrogen and oxygen atoms in total. The van der Waals surface area contributed by atoms with Gasteiger partial charge in [-0.1, -0.05) is 24.3 Å². The van der Waals surface area contributed by atoms with Crippen LogP contribution in [0, 0.1) is 0 Å². The standard InChI is InChI=1S/C23H34N4O3S/c1-5-24-23(25-14-13-19-9-11-22(12-10-19)31(4,28)29)26-18-20-7-6-8-21(17-20)30-16-15-27(2)3/h6-12,17H,5,13-16,18H2,1-4H3,(H2,24,25,26). The maximum Gasteiger partial charge on any atom is 0.191 e. The number of benzene rings is 2. The molecule has 2 aromatic carbocycles. The Kier molecular flexibility index (Phi) is 9.81. The average molecular weight is 447 g/mol. The second-order valence-corrected chi connectivity index (χ2v) is 9.60. The number of guanidine groups is 1. The Hall–Kier alpha value is -2.58. The molecule has 2 rings (SSSR count). The molecule has 0 aliphatic heterocycles. The maximum atomic E-state index is 11.6. The second kappa shape index (κ2) is 12.3. The Bertz CT molecular complexity index is 942. The van der Waals surface area contributed by atoms with Crippen molar-refractivity contribution in [2.45, 2.75) is 24.8 Å². The van der Waals surface area contributed by atoms with E-state index in [2.05, 4.69) is 20.5 Å². The summed E-state index contributed by atoms with van der Waals surface area (Å²) in [6.45, 7) is 5.55. The summed E-state index contributed by atoms with van der Waals surface area (Å²) in [4.78, 5) is 7.09. The number of hydrogen-bond donors (Lipinski definition) is 2. The van der Waals surface area contributed by atoms with Crippen LogP contribution in [0.15, 0.2) is 58.4 Å². The van der Waals surface area contributed by atoms with Gasteiger partial charge >= 0.3 is 0 Å². The highest BCUT2D eigenvalue weighted by Gasteiger charge is 2.06. The smallest absolute Gasteiger partial charge is 0.191 e. The molecule has 0 aliphatic carbocycles. The van der Waals surface area contributed by atoms with Crippen LogP contribution in [0.5, 0.6) is 5.75 Å². The van der Waals surface area contributed by atoms with Crippen LogP contribution in [0.1, 0.15) is 18.1 Å². The van der Waals surface area contributed by atoms with Crippen molar-refractivity contribution in [1.29, 1.82) is 0 Å². The zero-order valence-corrected chi connectivity index (χ0v) is 19.7. The molecule has 0 saturated heterocycles. The lowest BCUT2D eigenvalue weighted by molar-refractivity contribution is 0.261. The minimum Gasteiger partial charge on any atom is -0.492 e. The first-order valence-electron chi connectivity index (χ1n) is 10.5. The molecule has 0 aliphatic rings. The van der Waals surface area contributed by atoms with E-state index in [1.54, 1.807) is 12.1 Å². The number of ether oxygens (including phenoxy) is 1. The lowest BCUT2D eigenvalue weighted by atomic mass is 10.1. The quantitative estimate of drug-likeness (QED) is 0.407. The highest BCUT2D eigenvalue weighted by atomic mass is 32.2. The van der Waals surface area contributed by atoms with Gasteiger partial charge in [0, 0.05) is 25.9 Å². The molecule has 31 heavy (non-hydrogen) atoms. The van der Waals surface area contributed by atoms with Crippen molar-refractivity contribution < 1.29 is 13.2 Å². The molecule has 170 valence electrons. The fourth-order valence-corrected chi connectivity index (χ4v) is 3.45. The highest BCUT2D eigenvalue weighted by molar-refractivity contribution is 7.90. The van der Waals surface area contributed by atoms with Crippen molar-refractivity contribution in [3.63, 3.8) is 0 Å².